The monoisotopic (exact) mass is 523 g/mol. The number of aliphatic hydroxyl groups is 2. The highest BCUT2D eigenvalue weighted by atomic mass is 32.2. The van der Waals surface area contributed by atoms with Gasteiger partial charge < -0.3 is 20.7 Å². The Morgan fingerprint density at radius 2 is 2.06 bits per heavy atom. The van der Waals surface area contributed by atoms with Crippen molar-refractivity contribution in [2.75, 3.05) is 5.75 Å². The Hall–Kier alpha value is -0.890. The summed E-state index contributed by atoms with van der Waals surface area (Å²) in [6, 6.07) is 0.122. The first-order chi connectivity index (χ1) is 16.9. The van der Waals surface area contributed by atoms with E-state index in [1.807, 2.05) is 13.0 Å². The number of hydrogen-bond acceptors (Lipinski definition) is 7. The lowest BCUT2D eigenvalue weighted by Crippen LogP contribution is -2.43. The molecule has 0 bridgehead atoms. The van der Waals surface area contributed by atoms with E-state index in [4.69, 9.17) is 10.5 Å². The van der Waals surface area contributed by atoms with Crippen molar-refractivity contribution in [3.8, 4) is 0 Å². The van der Waals surface area contributed by atoms with Crippen molar-refractivity contribution < 1.29 is 24.5 Å². The van der Waals surface area contributed by atoms with E-state index in [-0.39, 0.29) is 45.9 Å². The Morgan fingerprint density at radius 3 is 2.64 bits per heavy atom. The zero-order chi connectivity index (χ0) is 26.7. The first-order valence-corrected chi connectivity index (χ1v) is 15.1. The van der Waals surface area contributed by atoms with Crippen LogP contribution in [0.5, 0.6) is 0 Å². The first-order valence-electron chi connectivity index (χ1n) is 14.0. The van der Waals surface area contributed by atoms with E-state index in [0.29, 0.717) is 25.0 Å². The second kappa shape index (κ2) is 11.9. The van der Waals surface area contributed by atoms with E-state index < -0.39 is 17.6 Å². The zero-order valence-electron chi connectivity index (χ0n) is 22.8. The second-order valence-electron chi connectivity index (χ2n) is 12.3. The highest BCUT2D eigenvalue weighted by Crippen LogP contribution is 2.75. The number of hydrogen-bond donors (Lipinski definition) is 3. The lowest BCUT2D eigenvalue weighted by atomic mass is 9.68. The van der Waals surface area contributed by atoms with E-state index >= 15 is 0 Å². The van der Waals surface area contributed by atoms with E-state index in [0.717, 1.165) is 51.4 Å². The topological polar surface area (TPSA) is 110 Å². The molecule has 0 spiro atoms. The summed E-state index contributed by atoms with van der Waals surface area (Å²) < 4.78 is 5.98. The Labute approximate surface area is 222 Å². The van der Waals surface area contributed by atoms with Gasteiger partial charge in [0.25, 0.3) is 0 Å². The SMILES string of the molecule is C=C[C@](C)(C[C@H](CCCC)OC(=O)CSC1CCC(N)CCC1O)C(O)[C@H](C)C12CCC(=O)C1(C)C2. The molecule has 0 amide bonds. The third-order valence-electron chi connectivity index (χ3n) is 9.89. The molecule has 0 radical (unpaired) electrons. The number of carbonyl (C=O) groups excluding carboxylic acids is 2. The molecule has 7 heteroatoms. The maximum absolute atomic E-state index is 12.9. The molecule has 206 valence electrons. The molecule has 3 saturated carbocycles. The fourth-order valence-electron chi connectivity index (χ4n) is 7.03. The minimum absolute atomic E-state index is 0.00235. The minimum Gasteiger partial charge on any atom is -0.462 e. The van der Waals surface area contributed by atoms with Crippen molar-refractivity contribution in [3.05, 3.63) is 12.7 Å². The number of nitrogens with two attached hydrogens (primary N) is 1. The fourth-order valence-corrected chi connectivity index (χ4v) is 8.11. The van der Waals surface area contributed by atoms with Gasteiger partial charge in [-0.2, -0.15) is 0 Å². The smallest absolute Gasteiger partial charge is 0.316 e. The summed E-state index contributed by atoms with van der Waals surface area (Å²) >= 11 is 1.47. The van der Waals surface area contributed by atoms with E-state index in [2.05, 4.69) is 27.4 Å². The number of carbonyl (C=O) groups is 2. The number of esters is 1. The molecular weight excluding hydrogens is 474 g/mol. The summed E-state index contributed by atoms with van der Waals surface area (Å²) in [4.78, 5) is 25.3. The molecule has 4 N–H and O–H groups in total. The van der Waals surface area contributed by atoms with Crippen LogP contribution in [0, 0.1) is 22.2 Å². The van der Waals surface area contributed by atoms with Gasteiger partial charge in [-0.3, -0.25) is 9.59 Å². The maximum atomic E-state index is 12.9. The molecule has 6 unspecified atom stereocenters. The van der Waals surface area contributed by atoms with E-state index in [9.17, 15) is 19.8 Å². The molecule has 3 rings (SSSR count). The predicted molar refractivity (Wildman–Crippen MR) is 146 cm³/mol. The predicted octanol–water partition coefficient (Wildman–Crippen LogP) is 4.79. The number of rotatable bonds is 13. The van der Waals surface area contributed by atoms with Crippen molar-refractivity contribution in [2.24, 2.45) is 27.9 Å². The van der Waals surface area contributed by atoms with Gasteiger partial charge in [-0.1, -0.05) is 46.6 Å². The third-order valence-corrected chi connectivity index (χ3v) is 11.3. The molecule has 6 nitrogen and oxygen atoms in total. The number of aliphatic hydroxyl groups excluding tert-OH is 2. The Morgan fingerprint density at radius 1 is 1.36 bits per heavy atom. The van der Waals surface area contributed by atoms with Gasteiger partial charge in [0, 0.05) is 28.5 Å². The van der Waals surface area contributed by atoms with E-state index in [1.54, 1.807) is 0 Å². The molecule has 0 aromatic carbocycles. The molecule has 0 heterocycles. The Kier molecular flexibility index (Phi) is 9.79. The molecule has 0 aliphatic heterocycles. The summed E-state index contributed by atoms with van der Waals surface area (Å²) in [5.41, 5.74) is 5.00. The van der Waals surface area contributed by atoms with Gasteiger partial charge in [0.15, 0.2) is 0 Å². The zero-order valence-corrected chi connectivity index (χ0v) is 23.7. The van der Waals surface area contributed by atoms with E-state index in [1.165, 1.54) is 11.8 Å². The lowest BCUT2D eigenvalue weighted by molar-refractivity contribution is -0.149. The molecule has 3 fully saturated rings. The summed E-state index contributed by atoms with van der Waals surface area (Å²) in [5.74, 6) is 0.214. The lowest BCUT2D eigenvalue weighted by Gasteiger charge is -2.40. The minimum atomic E-state index is -0.676. The number of Topliss-reactive ketones (excluding diaryl/α,β-unsaturated/α-hetero) is 1. The number of thioether (sulfide) groups is 1. The van der Waals surface area contributed by atoms with Gasteiger partial charge >= 0.3 is 5.97 Å². The van der Waals surface area contributed by atoms with Gasteiger partial charge in [-0.05, 0) is 62.7 Å². The molecule has 9 atom stereocenters. The number of unbranched alkanes of at least 4 members (excludes halogenated alkanes) is 1. The van der Waals surface area contributed by atoms with Crippen LogP contribution in [0.15, 0.2) is 12.7 Å². The van der Waals surface area contributed by atoms with Crippen molar-refractivity contribution in [1.29, 1.82) is 0 Å². The highest BCUT2D eigenvalue weighted by molar-refractivity contribution is 8.00. The van der Waals surface area contributed by atoms with Crippen LogP contribution in [-0.2, 0) is 14.3 Å². The van der Waals surface area contributed by atoms with Crippen LogP contribution in [0.3, 0.4) is 0 Å². The molecule has 3 aliphatic carbocycles. The van der Waals surface area contributed by atoms with Crippen molar-refractivity contribution in [3.63, 3.8) is 0 Å². The van der Waals surface area contributed by atoms with Gasteiger partial charge in [0.1, 0.15) is 11.9 Å². The standard InChI is InChI=1S/C29H49NO5S/c1-6-8-9-21(35-25(33)17-36-23-13-11-20(30)10-12-22(23)31)16-27(4,7-2)26(34)19(3)29-15-14-24(32)28(29,5)18-29/h7,19-23,26,31,34H,2,6,8-18,30H2,1,3-5H3/t19-,20?,21-,22?,23?,26?,27+,28?,29?/m0/s1. The number of fused-ring (bicyclic) bond motifs is 1. The Balaban J connectivity index is 1.61. The normalized spacial score (nSPS) is 36.2. The van der Waals surface area contributed by atoms with Gasteiger partial charge in [0.05, 0.1) is 18.0 Å². The molecular formula is C29H49NO5S. The molecule has 0 aromatic heterocycles. The molecule has 3 aliphatic rings. The van der Waals surface area contributed by atoms with Crippen molar-refractivity contribution >= 4 is 23.5 Å². The number of ether oxygens (including phenoxy) is 1. The third kappa shape index (κ3) is 6.05. The van der Waals surface area contributed by atoms with Gasteiger partial charge in [0.2, 0.25) is 0 Å². The highest BCUT2D eigenvalue weighted by Gasteiger charge is 2.74. The molecule has 0 saturated heterocycles. The second-order valence-corrected chi connectivity index (χ2v) is 13.5. The average Bonchev–Trinajstić information content (AvgIpc) is 3.45. The van der Waals surface area contributed by atoms with Crippen LogP contribution in [-0.4, -0.2) is 57.3 Å². The average molecular weight is 524 g/mol. The van der Waals surface area contributed by atoms with Crippen LogP contribution in [0.2, 0.25) is 0 Å². The van der Waals surface area contributed by atoms with Crippen LogP contribution >= 0.6 is 11.8 Å². The van der Waals surface area contributed by atoms with Crippen LogP contribution in [0.1, 0.15) is 98.3 Å². The van der Waals surface area contributed by atoms with Crippen molar-refractivity contribution in [2.45, 2.75) is 128 Å². The molecule has 36 heavy (non-hydrogen) atoms. The first kappa shape index (κ1) is 29.7. The largest absolute Gasteiger partial charge is 0.462 e. The quantitative estimate of drug-likeness (QED) is 0.181. The Bertz CT molecular complexity index is 803. The van der Waals surface area contributed by atoms with Gasteiger partial charge in [-0.15, -0.1) is 18.3 Å². The maximum Gasteiger partial charge on any atom is 0.316 e. The summed E-state index contributed by atoms with van der Waals surface area (Å²) in [6.07, 6.45) is 9.00. The molecule has 0 aromatic rings. The van der Waals surface area contributed by atoms with Gasteiger partial charge in [-0.25, -0.2) is 0 Å². The summed E-state index contributed by atoms with van der Waals surface area (Å²) in [7, 11) is 0. The van der Waals surface area contributed by atoms with Crippen LogP contribution < -0.4 is 5.73 Å². The van der Waals surface area contributed by atoms with Crippen LogP contribution in [0.4, 0.5) is 0 Å². The number of ketones is 1. The van der Waals surface area contributed by atoms with Crippen LogP contribution in [0.25, 0.3) is 0 Å². The fraction of sp³-hybridized carbons (Fsp3) is 0.862. The van der Waals surface area contributed by atoms with Crippen molar-refractivity contribution in [1.82, 2.24) is 0 Å². The summed E-state index contributed by atoms with van der Waals surface area (Å²) in [5, 5.41) is 22.0. The summed E-state index contributed by atoms with van der Waals surface area (Å²) in [6.45, 7) is 12.3.